The van der Waals surface area contributed by atoms with Gasteiger partial charge in [-0.2, -0.15) is 5.10 Å². The van der Waals surface area contributed by atoms with E-state index in [1.54, 1.807) is 24.3 Å². The summed E-state index contributed by atoms with van der Waals surface area (Å²) in [5, 5.41) is 10.5. The van der Waals surface area contributed by atoms with Crippen molar-refractivity contribution in [2.75, 3.05) is 5.32 Å². The summed E-state index contributed by atoms with van der Waals surface area (Å²) in [5.74, 6) is -0.172. The van der Waals surface area contributed by atoms with Gasteiger partial charge in [-0.05, 0) is 69.0 Å². The van der Waals surface area contributed by atoms with Crippen molar-refractivity contribution in [3.63, 3.8) is 0 Å². The molecule has 1 saturated carbocycles. The Morgan fingerprint density at radius 3 is 2.57 bits per heavy atom. The third kappa shape index (κ3) is 4.59. The van der Waals surface area contributed by atoms with E-state index >= 15 is 0 Å². The fourth-order valence-corrected chi connectivity index (χ4v) is 3.55. The highest BCUT2D eigenvalue weighted by Gasteiger charge is 2.23. The van der Waals surface area contributed by atoms with Crippen molar-refractivity contribution in [3.05, 3.63) is 77.1 Å². The molecule has 0 saturated heterocycles. The van der Waals surface area contributed by atoms with Gasteiger partial charge in [0.2, 0.25) is 5.91 Å². The van der Waals surface area contributed by atoms with E-state index in [-0.39, 0.29) is 11.8 Å². The number of anilines is 1. The maximum absolute atomic E-state index is 12.5. The van der Waals surface area contributed by atoms with Crippen LogP contribution in [-0.4, -0.2) is 27.6 Å². The molecule has 0 spiro atoms. The molecule has 2 N–H and O–H groups in total. The fraction of sp³-hybridized carbons (Fsp3) is 0.292. The molecule has 1 aliphatic rings. The van der Waals surface area contributed by atoms with E-state index in [2.05, 4.69) is 15.7 Å². The van der Waals surface area contributed by atoms with Gasteiger partial charge in [0.05, 0.1) is 11.4 Å². The van der Waals surface area contributed by atoms with Gasteiger partial charge in [0, 0.05) is 29.4 Å². The number of aryl methyl sites for hydroxylation is 1. The molecular weight excluding hydrogens is 376 g/mol. The quantitative estimate of drug-likeness (QED) is 0.628. The zero-order valence-electron chi connectivity index (χ0n) is 17.3. The Balaban J connectivity index is 1.38. The molecule has 2 amide bonds. The minimum absolute atomic E-state index is 0.0824. The van der Waals surface area contributed by atoms with E-state index in [1.165, 1.54) is 0 Å². The summed E-state index contributed by atoms with van der Waals surface area (Å²) in [5.41, 5.74) is 5.28. The number of carbonyl (C=O) groups excluding carboxylic acids is 2. The lowest BCUT2D eigenvalue weighted by atomic mass is 10.1. The van der Waals surface area contributed by atoms with Gasteiger partial charge in [0.1, 0.15) is 0 Å². The summed E-state index contributed by atoms with van der Waals surface area (Å²) in [4.78, 5) is 24.7. The SMILES string of the molecule is Cc1nn(-c2ccccc2)c(C)c1CCC(=O)Nc1cccc(C(=O)NC2CC2)c1. The summed E-state index contributed by atoms with van der Waals surface area (Å²) in [6, 6.07) is 17.4. The number of para-hydroxylation sites is 1. The predicted molar refractivity (Wildman–Crippen MR) is 117 cm³/mol. The van der Waals surface area contributed by atoms with Crippen LogP contribution in [0.3, 0.4) is 0 Å². The number of carbonyl (C=O) groups is 2. The zero-order valence-corrected chi connectivity index (χ0v) is 17.3. The van der Waals surface area contributed by atoms with Gasteiger partial charge in [-0.1, -0.05) is 24.3 Å². The third-order valence-electron chi connectivity index (χ3n) is 5.37. The average molecular weight is 402 g/mol. The molecule has 2 aromatic carbocycles. The number of nitrogens with zero attached hydrogens (tertiary/aromatic N) is 2. The van der Waals surface area contributed by atoms with Crippen LogP contribution < -0.4 is 10.6 Å². The van der Waals surface area contributed by atoms with Crippen LogP contribution in [0.5, 0.6) is 0 Å². The Morgan fingerprint density at radius 2 is 1.83 bits per heavy atom. The van der Waals surface area contributed by atoms with Crippen molar-refractivity contribution in [1.82, 2.24) is 15.1 Å². The predicted octanol–water partition coefficient (Wildman–Crippen LogP) is 3.95. The van der Waals surface area contributed by atoms with Crippen LogP contribution in [0.4, 0.5) is 5.69 Å². The number of benzene rings is 2. The molecule has 0 radical (unpaired) electrons. The third-order valence-corrected chi connectivity index (χ3v) is 5.37. The summed E-state index contributed by atoms with van der Waals surface area (Å²) >= 11 is 0. The summed E-state index contributed by atoms with van der Waals surface area (Å²) in [7, 11) is 0. The van der Waals surface area contributed by atoms with Crippen LogP contribution in [-0.2, 0) is 11.2 Å². The number of rotatable bonds is 7. The van der Waals surface area contributed by atoms with Crippen LogP contribution in [0.1, 0.15) is 46.6 Å². The molecule has 30 heavy (non-hydrogen) atoms. The van der Waals surface area contributed by atoms with E-state index in [4.69, 9.17) is 0 Å². The first-order valence-electron chi connectivity index (χ1n) is 10.3. The monoisotopic (exact) mass is 402 g/mol. The Hall–Kier alpha value is -3.41. The van der Waals surface area contributed by atoms with Crippen LogP contribution >= 0.6 is 0 Å². The van der Waals surface area contributed by atoms with Gasteiger partial charge >= 0.3 is 0 Å². The molecule has 0 unspecified atom stereocenters. The Kier molecular flexibility index (Phi) is 5.65. The first-order valence-corrected chi connectivity index (χ1v) is 10.3. The molecule has 154 valence electrons. The van der Waals surface area contributed by atoms with Crippen LogP contribution in [0.15, 0.2) is 54.6 Å². The molecule has 0 bridgehead atoms. The molecule has 6 heteroatoms. The largest absolute Gasteiger partial charge is 0.349 e. The number of nitrogens with one attached hydrogen (secondary N) is 2. The molecule has 1 aromatic heterocycles. The Morgan fingerprint density at radius 1 is 1.07 bits per heavy atom. The van der Waals surface area contributed by atoms with Gasteiger partial charge < -0.3 is 10.6 Å². The first kappa shape index (κ1) is 19.9. The number of aromatic nitrogens is 2. The van der Waals surface area contributed by atoms with Gasteiger partial charge in [-0.15, -0.1) is 0 Å². The highest BCUT2D eigenvalue weighted by Crippen LogP contribution is 2.21. The van der Waals surface area contributed by atoms with Gasteiger partial charge in [-0.25, -0.2) is 4.68 Å². The van der Waals surface area contributed by atoms with Crippen molar-refractivity contribution < 1.29 is 9.59 Å². The van der Waals surface area contributed by atoms with E-state index in [9.17, 15) is 9.59 Å². The van der Waals surface area contributed by atoms with Crippen molar-refractivity contribution >= 4 is 17.5 Å². The maximum atomic E-state index is 12.5. The fourth-order valence-electron chi connectivity index (χ4n) is 3.55. The van der Waals surface area contributed by atoms with E-state index in [1.807, 2.05) is 48.9 Å². The number of hydrogen-bond acceptors (Lipinski definition) is 3. The molecule has 1 aliphatic carbocycles. The van der Waals surface area contributed by atoms with Gasteiger partial charge in [0.15, 0.2) is 0 Å². The standard InChI is InChI=1S/C24H26N4O2/c1-16-22(17(2)28(27-16)21-9-4-3-5-10-21)13-14-23(29)25-20-8-6-7-18(15-20)24(30)26-19-11-12-19/h3-10,15,19H,11-14H2,1-2H3,(H,25,29)(H,26,30). The van der Waals surface area contributed by atoms with Crippen molar-refractivity contribution in [1.29, 1.82) is 0 Å². The highest BCUT2D eigenvalue weighted by atomic mass is 16.2. The van der Waals surface area contributed by atoms with Gasteiger partial charge in [-0.3, -0.25) is 9.59 Å². The summed E-state index contributed by atoms with van der Waals surface area (Å²) < 4.78 is 1.92. The lowest BCUT2D eigenvalue weighted by molar-refractivity contribution is -0.116. The minimum Gasteiger partial charge on any atom is -0.349 e. The molecule has 0 aliphatic heterocycles. The van der Waals surface area contributed by atoms with Gasteiger partial charge in [0.25, 0.3) is 5.91 Å². The lowest BCUT2D eigenvalue weighted by Gasteiger charge is -2.08. The highest BCUT2D eigenvalue weighted by molar-refractivity contribution is 5.97. The second kappa shape index (κ2) is 8.53. The second-order valence-corrected chi connectivity index (χ2v) is 7.77. The van der Waals surface area contributed by atoms with Crippen molar-refractivity contribution in [2.24, 2.45) is 0 Å². The van der Waals surface area contributed by atoms with E-state index in [0.717, 1.165) is 35.5 Å². The van der Waals surface area contributed by atoms with Crippen molar-refractivity contribution in [3.8, 4) is 5.69 Å². The zero-order chi connectivity index (χ0) is 21.1. The Bertz CT molecular complexity index is 1070. The average Bonchev–Trinajstić information content (AvgIpc) is 3.51. The van der Waals surface area contributed by atoms with Crippen molar-refractivity contribution in [2.45, 2.75) is 45.6 Å². The van der Waals surface area contributed by atoms with E-state index < -0.39 is 0 Å². The molecule has 1 heterocycles. The normalized spacial score (nSPS) is 13.1. The second-order valence-electron chi connectivity index (χ2n) is 7.77. The maximum Gasteiger partial charge on any atom is 0.251 e. The number of hydrogen-bond donors (Lipinski definition) is 2. The van der Waals surface area contributed by atoms with Crippen LogP contribution in [0, 0.1) is 13.8 Å². The molecule has 3 aromatic rings. The first-order chi connectivity index (χ1) is 14.5. The summed E-state index contributed by atoms with van der Waals surface area (Å²) in [6.45, 7) is 4.00. The van der Waals surface area contributed by atoms with Crippen LogP contribution in [0.2, 0.25) is 0 Å². The molecule has 0 atom stereocenters. The minimum atomic E-state index is -0.0897. The Labute approximate surface area is 176 Å². The molecule has 4 rings (SSSR count). The van der Waals surface area contributed by atoms with Crippen LogP contribution in [0.25, 0.3) is 5.69 Å². The lowest BCUT2D eigenvalue weighted by Crippen LogP contribution is -2.25. The van der Waals surface area contributed by atoms with E-state index in [0.29, 0.717) is 30.1 Å². The summed E-state index contributed by atoms with van der Waals surface area (Å²) in [6.07, 6.45) is 3.04. The number of amides is 2. The topological polar surface area (TPSA) is 76.0 Å². The molecular formula is C24H26N4O2. The molecule has 1 fully saturated rings. The smallest absolute Gasteiger partial charge is 0.251 e. The molecule has 6 nitrogen and oxygen atoms in total.